The average Bonchev–Trinajstić information content (AvgIpc) is 2.32. The first kappa shape index (κ1) is 8.49. The molecule has 1 nitrogen and oxygen atoms in total. The predicted molar refractivity (Wildman–Crippen MR) is 53.1 cm³/mol. The maximum Gasteiger partial charge on any atom is 0.166 e. The molecule has 1 aliphatic rings. The van der Waals surface area contributed by atoms with Crippen LogP contribution < -0.4 is 0 Å². The van der Waals surface area contributed by atoms with Crippen molar-refractivity contribution in [3.63, 3.8) is 0 Å². The van der Waals surface area contributed by atoms with Gasteiger partial charge in [-0.15, -0.1) is 0 Å². The van der Waals surface area contributed by atoms with E-state index >= 15 is 0 Å². The minimum Gasteiger partial charge on any atom is -0.294 e. The number of hydrogen-bond acceptors (Lipinski definition) is 1. The highest BCUT2D eigenvalue weighted by atomic mass is 16.1. The summed E-state index contributed by atoms with van der Waals surface area (Å²) < 4.78 is 0. The third-order valence-electron chi connectivity index (χ3n) is 2.96. The zero-order valence-corrected chi connectivity index (χ0v) is 8.35. The van der Waals surface area contributed by atoms with Gasteiger partial charge in [0.25, 0.3) is 0 Å². The van der Waals surface area contributed by atoms with Crippen LogP contribution >= 0.6 is 0 Å². The van der Waals surface area contributed by atoms with E-state index in [-0.39, 0.29) is 5.92 Å². The normalized spacial score (nSPS) is 20.5. The molecule has 0 N–H and O–H groups in total. The third kappa shape index (κ3) is 1.19. The fourth-order valence-corrected chi connectivity index (χ4v) is 1.96. The van der Waals surface area contributed by atoms with Gasteiger partial charge >= 0.3 is 0 Å². The van der Waals surface area contributed by atoms with Crippen molar-refractivity contribution in [1.29, 1.82) is 0 Å². The van der Waals surface area contributed by atoms with Crippen molar-refractivity contribution in [3.05, 3.63) is 34.4 Å². The number of rotatable bonds is 0. The van der Waals surface area contributed by atoms with E-state index in [4.69, 9.17) is 0 Å². The molecule has 1 aromatic carbocycles. The van der Waals surface area contributed by atoms with Crippen molar-refractivity contribution in [2.24, 2.45) is 5.92 Å². The lowest BCUT2D eigenvalue weighted by atomic mass is 10.0. The summed E-state index contributed by atoms with van der Waals surface area (Å²) in [5, 5.41) is 0. The number of fused-ring (bicyclic) bond motifs is 1. The van der Waals surface area contributed by atoms with Gasteiger partial charge in [0.1, 0.15) is 0 Å². The molecule has 0 spiro atoms. The van der Waals surface area contributed by atoms with E-state index in [0.29, 0.717) is 5.78 Å². The summed E-state index contributed by atoms with van der Waals surface area (Å²) in [7, 11) is 0. The first-order chi connectivity index (χ1) is 6.09. The van der Waals surface area contributed by atoms with E-state index < -0.39 is 0 Å². The Morgan fingerprint density at radius 2 is 1.85 bits per heavy atom. The highest BCUT2D eigenvalue weighted by Crippen LogP contribution is 2.28. The summed E-state index contributed by atoms with van der Waals surface area (Å²) in [5.74, 6) is 0.509. The molecule has 0 aromatic heterocycles. The van der Waals surface area contributed by atoms with E-state index in [1.165, 1.54) is 16.7 Å². The second kappa shape index (κ2) is 2.69. The Balaban J connectivity index is 2.59. The first-order valence-corrected chi connectivity index (χ1v) is 4.74. The lowest BCUT2D eigenvalue weighted by Crippen LogP contribution is -2.03. The molecule has 0 bridgehead atoms. The van der Waals surface area contributed by atoms with Gasteiger partial charge in [0.15, 0.2) is 5.78 Å². The van der Waals surface area contributed by atoms with Gasteiger partial charge in [0.2, 0.25) is 0 Å². The standard InChI is InChI=1S/C12H14O/c1-7-4-10-5-9(3)12(13)11(10)6-8(7)2/h4,6,9H,5H2,1-3H3. The summed E-state index contributed by atoms with van der Waals surface area (Å²) in [6.45, 7) is 6.17. The van der Waals surface area contributed by atoms with Crippen LogP contribution in [0.2, 0.25) is 0 Å². The summed E-state index contributed by atoms with van der Waals surface area (Å²) in [5.41, 5.74) is 4.71. The largest absolute Gasteiger partial charge is 0.294 e. The molecule has 0 radical (unpaired) electrons. The molecule has 0 fully saturated rings. The van der Waals surface area contributed by atoms with Crippen LogP contribution in [0.5, 0.6) is 0 Å². The zero-order chi connectivity index (χ0) is 9.59. The van der Waals surface area contributed by atoms with E-state index in [1.54, 1.807) is 0 Å². The van der Waals surface area contributed by atoms with Crippen LogP contribution in [0.25, 0.3) is 0 Å². The Labute approximate surface area is 78.8 Å². The van der Waals surface area contributed by atoms with Gasteiger partial charge in [-0.3, -0.25) is 4.79 Å². The number of Topliss-reactive ketones (excluding diaryl/α,β-unsaturated/α-hetero) is 1. The molecule has 13 heavy (non-hydrogen) atoms. The van der Waals surface area contributed by atoms with E-state index in [1.807, 2.05) is 13.0 Å². The first-order valence-electron chi connectivity index (χ1n) is 4.74. The number of ketones is 1. The van der Waals surface area contributed by atoms with E-state index in [0.717, 1.165) is 12.0 Å². The molecule has 1 aliphatic carbocycles. The van der Waals surface area contributed by atoms with Crippen molar-refractivity contribution < 1.29 is 4.79 Å². The fourth-order valence-electron chi connectivity index (χ4n) is 1.96. The number of aryl methyl sites for hydroxylation is 2. The summed E-state index contributed by atoms with van der Waals surface area (Å²) in [6.07, 6.45) is 0.926. The Hall–Kier alpha value is -1.11. The average molecular weight is 174 g/mol. The molecule has 1 aromatic rings. The van der Waals surface area contributed by atoms with E-state index in [2.05, 4.69) is 19.9 Å². The molecular formula is C12H14O. The zero-order valence-electron chi connectivity index (χ0n) is 8.35. The molecule has 1 unspecified atom stereocenters. The highest BCUT2D eigenvalue weighted by molar-refractivity contribution is 6.02. The molecule has 0 aliphatic heterocycles. The van der Waals surface area contributed by atoms with Crippen molar-refractivity contribution >= 4 is 5.78 Å². The predicted octanol–water partition coefficient (Wildman–Crippen LogP) is 2.68. The number of carbonyl (C=O) groups is 1. The van der Waals surface area contributed by atoms with Crippen molar-refractivity contribution in [2.45, 2.75) is 27.2 Å². The molecule has 0 heterocycles. The minimum atomic E-state index is 0.191. The smallest absolute Gasteiger partial charge is 0.166 e. The molecule has 68 valence electrons. The van der Waals surface area contributed by atoms with Crippen LogP contribution in [0.15, 0.2) is 12.1 Å². The van der Waals surface area contributed by atoms with Crippen LogP contribution in [-0.2, 0) is 6.42 Å². The molecule has 0 saturated heterocycles. The van der Waals surface area contributed by atoms with Gasteiger partial charge in [-0.2, -0.15) is 0 Å². The summed E-state index contributed by atoms with van der Waals surface area (Å²) in [4.78, 5) is 11.7. The lowest BCUT2D eigenvalue weighted by molar-refractivity contribution is 0.0946. The lowest BCUT2D eigenvalue weighted by Gasteiger charge is -2.03. The molecular weight excluding hydrogens is 160 g/mol. The van der Waals surface area contributed by atoms with Crippen LogP contribution in [0.4, 0.5) is 0 Å². The molecule has 0 saturated carbocycles. The second-order valence-electron chi connectivity index (χ2n) is 4.06. The van der Waals surface area contributed by atoms with Crippen LogP contribution in [-0.4, -0.2) is 5.78 Å². The number of hydrogen-bond donors (Lipinski definition) is 0. The Morgan fingerprint density at radius 3 is 2.54 bits per heavy atom. The van der Waals surface area contributed by atoms with Crippen LogP contribution in [0, 0.1) is 19.8 Å². The van der Waals surface area contributed by atoms with Crippen LogP contribution in [0.3, 0.4) is 0 Å². The second-order valence-corrected chi connectivity index (χ2v) is 4.06. The maximum absolute atomic E-state index is 11.7. The number of carbonyl (C=O) groups excluding carboxylic acids is 1. The highest BCUT2D eigenvalue weighted by Gasteiger charge is 2.26. The quantitative estimate of drug-likeness (QED) is 0.591. The summed E-state index contributed by atoms with van der Waals surface area (Å²) in [6, 6.07) is 4.20. The maximum atomic E-state index is 11.7. The Bertz CT molecular complexity index is 377. The van der Waals surface area contributed by atoms with Gasteiger partial charge in [0.05, 0.1) is 0 Å². The Morgan fingerprint density at radius 1 is 1.23 bits per heavy atom. The SMILES string of the molecule is Cc1cc2c(cc1C)C(=O)C(C)C2. The molecule has 2 rings (SSSR count). The summed E-state index contributed by atoms with van der Waals surface area (Å²) >= 11 is 0. The van der Waals surface area contributed by atoms with Gasteiger partial charge in [-0.1, -0.05) is 13.0 Å². The van der Waals surface area contributed by atoms with Gasteiger partial charge in [0, 0.05) is 11.5 Å². The molecule has 1 atom stereocenters. The van der Waals surface area contributed by atoms with Gasteiger partial charge in [-0.05, 0) is 43.0 Å². The number of benzene rings is 1. The Kier molecular flexibility index (Phi) is 1.76. The van der Waals surface area contributed by atoms with Crippen molar-refractivity contribution in [1.82, 2.24) is 0 Å². The minimum absolute atomic E-state index is 0.191. The third-order valence-corrected chi connectivity index (χ3v) is 2.96. The van der Waals surface area contributed by atoms with Gasteiger partial charge < -0.3 is 0 Å². The van der Waals surface area contributed by atoms with Crippen LogP contribution in [0.1, 0.15) is 34.0 Å². The van der Waals surface area contributed by atoms with Crippen molar-refractivity contribution in [2.75, 3.05) is 0 Å². The fraction of sp³-hybridized carbons (Fsp3) is 0.417. The van der Waals surface area contributed by atoms with Crippen molar-refractivity contribution in [3.8, 4) is 0 Å². The topological polar surface area (TPSA) is 17.1 Å². The monoisotopic (exact) mass is 174 g/mol. The molecule has 0 amide bonds. The van der Waals surface area contributed by atoms with E-state index in [9.17, 15) is 4.79 Å². The molecule has 1 heteroatoms. The van der Waals surface area contributed by atoms with Gasteiger partial charge in [-0.25, -0.2) is 0 Å².